The van der Waals surface area contributed by atoms with E-state index in [2.05, 4.69) is 21.2 Å². The molecule has 110 valence electrons. The van der Waals surface area contributed by atoms with Gasteiger partial charge in [-0.25, -0.2) is 0 Å². The van der Waals surface area contributed by atoms with Crippen molar-refractivity contribution in [3.63, 3.8) is 0 Å². The summed E-state index contributed by atoms with van der Waals surface area (Å²) < 4.78 is 0.875. The van der Waals surface area contributed by atoms with Crippen LogP contribution in [0.1, 0.15) is 11.1 Å². The van der Waals surface area contributed by atoms with Gasteiger partial charge in [0.2, 0.25) is 5.91 Å². The molecule has 3 N–H and O–H groups in total. The maximum Gasteiger partial charge on any atom is 0.228 e. The van der Waals surface area contributed by atoms with Crippen molar-refractivity contribution in [1.82, 2.24) is 0 Å². The average molecular weight is 388 g/mol. The lowest BCUT2D eigenvalue weighted by Gasteiger charge is -2.12. The van der Waals surface area contributed by atoms with Gasteiger partial charge in [-0.15, -0.1) is 0 Å². The van der Waals surface area contributed by atoms with E-state index in [-0.39, 0.29) is 12.3 Å². The molecule has 0 aliphatic carbocycles. The van der Waals surface area contributed by atoms with Crippen molar-refractivity contribution in [2.75, 3.05) is 11.1 Å². The zero-order valence-electron chi connectivity index (χ0n) is 11.2. The largest absolute Gasteiger partial charge is 0.397 e. The Bertz CT molecular complexity index is 681. The van der Waals surface area contributed by atoms with Gasteiger partial charge < -0.3 is 11.1 Å². The van der Waals surface area contributed by atoms with E-state index in [0.29, 0.717) is 21.4 Å². The molecule has 2 rings (SSSR count). The number of hydrogen-bond acceptors (Lipinski definition) is 2. The summed E-state index contributed by atoms with van der Waals surface area (Å²) in [6.45, 7) is 1.88. The summed E-state index contributed by atoms with van der Waals surface area (Å²) in [6.07, 6.45) is 0.200. The topological polar surface area (TPSA) is 55.1 Å². The molecule has 2 aromatic carbocycles. The van der Waals surface area contributed by atoms with Gasteiger partial charge in [-0.1, -0.05) is 45.2 Å². The number of aryl methyl sites for hydroxylation is 1. The molecule has 0 aliphatic rings. The second kappa shape index (κ2) is 6.69. The molecule has 21 heavy (non-hydrogen) atoms. The lowest BCUT2D eigenvalue weighted by Crippen LogP contribution is -2.16. The fraction of sp³-hybridized carbons (Fsp3) is 0.133. The maximum absolute atomic E-state index is 12.1. The number of nitrogens with two attached hydrogens (primary N) is 1. The van der Waals surface area contributed by atoms with E-state index >= 15 is 0 Å². The SMILES string of the molecule is Cc1cc(Br)cc(N)c1NC(=O)Cc1ccc(Cl)c(Cl)c1. The van der Waals surface area contributed by atoms with E-state index < -0.39 is 0 Å². The van der Waals surface area contributed by atoms with Crippen LogP contribution in [0, 0.1) is 6.92 Å². The summed E-state index contributed by atoms with van der Waals surface area (Å²) in [7, 11) is 0. The van der Waals surface area contributed by atoms with E-state index in [1.807, 2.05) is 13.0 Å². The van der Waals surface area contributed by atoms with Crippen LogP contribution in [0.4, 0.5) is 11.4 Å². The lowest BCUT2D eigenvalue weighted by molar-refractivity contribution is -0.115. The normalized spacial score (nSPS) is 10.5. The second-order valence-electron chi connectivity index (χ2n) is 4.66. The van der Waals surface area contributed by atoms with Crippen molar-refractivity contribution in [2.24, 2.45) is 0 Å². The Morgan fingerprint density at radius 2 is 1.95 bits per heavy atom. The number of carbonyl (C=O) groups is 1. The van der Waals surface area contributed by atoms with Gasteiger partial charge in [-0.2, -0.15) is 0 Å². The van der Waals surface area contributed by atoms with E-state index in [1.54, 1.807) is 24.3 Å². The fourth-order valence-electron chi connectivity index (χ4n) is 1.96. The Morgan fingerprint density at radius 1 is 1.24 bits per heavy atom. The van der Waals surface area contributed by atoms with E-state index in [0.717, 1.165) is 15.6 Å². The van der Waals surface area contributed by atoms with Gasteiger partial charge in [0.25, 0.3) is 0 Å². The number of amides is 1. The molecule has 0 aliphatic heterocycles. The first-order valence-electron chi connectivity index (χ1n) is 6.16. The summed E-state index contributed by atoms with van der Waals surface area (Å²) in [5.74, 6) is -0.162. The molecule has 0 saturated carbocycles. The van der Waals surface area contributed by atoms with E-state index in [1.165, 1.54) is 0 Å². The van der Waals surface area contributed by atoms with Gasteiger partial charge in [-0.3, -0.25) is 4.79 Å². The zero-order chi connectivity index (χ0) is 15.6. The summed E-state index contributed by atoms with van der Waals surface area (Å²) in [5, 5.41) is 3.73. The molecule has 0 fully saturated rings. The number of anilines is 2. The number of nitrogen functional groups attached to an aromatic ring is 1. The fourth-order valence-corrected chi connectivity index (χ4v) is 2.87. The highest BCUT2D eigenvalue weighted by Gasteiger charge is 2.10. The molecule has 1 amide bonds. The number of rotatable bonds is 3. The van der Waals surface area contributed by atoms with Crippen LogP contribution < -0.4 is 11.1 Å². The van der Waals surface area contributed by atoms with Crippen LogP contribution in [0.25, 0.3) is 0 Å². The van der Waals surface area contributed by atoms with Gasteiger partial charge in [0.1, 0.15) is 0 Å². The van der Waals surface area contributed by atoms with Gasteiger partial charge >= 0.3 is 0 Å². The molecule has 2 aromatic rings. The van der Waals surface area contributed by atoms with Crippen molar-refractivity contribution in [3.05, 3.63) is 56.0 Å². The van der Waals surface area contributed by atoms with Crippen LogP contribution in [0.15, 0.2) is 34.8 Å². The Hall–Kier alpha value is -1.23. The Labute approximate surface area is 141 Å². The first-order valence-corrected chi connectivity index (χ1v) is 7.71. The summed E-state index contributed by atoms with van der Waals surface area (Å²) in [5.41, 5.74) is 8.75. The molecular weight excluding hydrogens is 375 g/mol. The van der Waals surface area contributed by atoms with Crippen LogP contribution in [-0.2, 0) is 11.2 Å². The quantitative estimate of drug-likeness (QED) is 0.741. The molecule has 6 heteroatoms. The van der Waals surface area contributed by atoms with Crippen LogP contribution in [0.5, 0.6) is 0 Å². The van der Waals surface area contributed by atoms with Crippen molar-refractivity contribution >= 4 is 56.4 Å². The standard InChI is InChI=1S/C15H13BrCl2N2O/c1-8-4-10(16)7-13(19)15(8)20-14(21)6-9-2-3-11(17)12(18)5-9/h2-5,7H,6,19H2,1H3,(H,20,21). The van der Waals surface area contributed by atoms with Crippen LogP contribution >= 0.6 is 39.1 Å². The third-order valence-corrected chi connectivity index (χ3v) is 4.14. The predicted molar refractivity (Wildman–Crippen MR) is 92.1 cm³/mol. The van der Waals surface area contributed by atoms with Gasteiger partial charge in [0.05, 0.1) is 27.8 Å². The van der Waals surface area contributed by atoms with Gasteiger partial charge in [0.15, 0.2) is 0 Å². The summed E-state index contributed by atoms with van der Waals surface area (Å²) in [4.78, 5) is 12.1. The molecule has 0 heterocycles. The maximum atomic E-state index is 12.1. The Kier molecular flexibility index (Phi) is 5.14. The number of carbonyl (C=O) groups excluding carboxylic acids is 1. The molecule has 0 spiro atoms. The molecular formula is C15H13BrCl2N2O. The number of benzene rings is 2. The molecule has 0 atom stereocenters. The average Bonchev–Trinajstić information content (AvgIpc) is 2.38. The lowest BCUT2D eigenvalue weighted by atomic mass is 10.1. The van der Waals surface area contributed by atoms with Crippen LogP contribution in [0.3, 0.4) is 0 Å². The smallest absolute Gasteiger partial charge is 0.228 e. The van der Waals surface area contributed by atoms with Gasteiger partial charge in [0, 0.05) is 4.47 Å². The number of nitrogens with one attached hydrogen (secondary N) is 1. The third kappa shape index (κ3) is 4.13. The minimum atomic E-state index is -0.162. The Morgan fingerprint density at radius 3 is 2.57 bits per heavy atom. The second-order valence-corrected chi connectivity index (χ2v) is 6.39. The highest BCUT2D eigenvalue weighted by atomic mass is 79.9. The van der Waals surface area contributed by atoms with Crippen molar-refractivity contribution in [3.8, 4) is 0 Å². The van der Waals surface area contributed by atoms with Crippen LogP contribution in [0.2, 0.25) is 10.0 Å². The molecule has 0 aromatic heterocycles. The van der Waals surface area contributed by atoms with Crippen molar-refractivity contribution in [2.45, 2.75) is 13.3 Å². The highest BCUT2D eigenvalue weighted by Crippen LogP contribution is 2.28. The van der Waals surface area contributed by atoms with Crippen molar-refractivity contribution in [1.29, 1.82) is 0 Å². The predicted octanol–water partition coefficient (Wildman–Crippen LogP) is 4.83. The first kappa shape index (κ1) is 16.1. The third-order valence-electron chi connectivity index (χ3n) is 2.94. The summed E-state index contributed by atoms with van der Waals surface area (Å²) in [6, 6.07) is 8.77. The summed E-state index contributed by atoms with van der Waals surface area (Å²) >= 11 is 15.1. The molecule has 0 unspecified atom stereocenters. The monoisotopic (exact) mass is 386 g/mol. The molecule has 0 saturated heterocycles. The van der Waals surface area contributed by atoms with E-state index in [9.17, 15) is 4.79 Å². The van der Waals surface area contributed by atoms with E-state index in [4.69, 9.17) is 28.9 Å². The Balaban J connectivity index is 2.13. The zero-order valence-corrected chi connectivity index (χ0v) is 14.3. The molecule has 0 bridgehead atoms. The molecule has 0 radical (unpaired) electrons. The van der Waals surface area contributed by atoms with Crippen LogP contribution in [-0.4, -0.2) is 5.91 Å². The highest BCUT2D eigenvalue weighted by molar-refractivity contribution is 9.10. The number of halogens is 3. The van der Waals surface area contributed by atoms with Gasteiger partial charge in [-0.05, 0) is 42.3 Å². The molecule has 3 nitrogen and oxygen atoms in total. The first-order chi connectivity index (χ1) is 9.86. The number of hydrogen-bond donors (Lipinski definition) is 2. The minimum absolute atomic E-state index is 0.162. The van der Waals surface area contributed by atoms with Crippen molar-refractivity contribution < 1.29 is 4.79 Å². The minimum Gasteiger partial charge on any atom is -0.397 e.